The van der Waals surface area contributed by atoms with Gasteiger partial charge in [-0.05, 0) is 73.1 Å². The van der Waals surface area contributed by atoms with Crippen LogP contribution in [0.5, 0.6) is 5.75 Å². The minimum absolute atomic E-state index is 0.0262. The molecular weight excluding hydrogens is 302 g/mol. The first-order chi connectivity index (χ1) is 11.7. The molecule has 0 unspecified atom stereocenters. The van der Waals surface area contributed by atoms with Gasteiger partial charge in [-0.1, -0.05) is 18.2 Å². The molecule has 24 heavy (non-hydrogen) atoms. The molecule has 1 amide bonds. The van der Waals surface area contributed by atoms with E-state index in [0.29, 0.717) is 5.69 Å². The van der Waals surface area contributed by atoms with E-state index in [-0.39, 0.29) is 19.1 Å². The number of aliphatic hydroxyl groups excluding tert-OH is 1. The minimum Gasteiger partial charge on any atom is -0.484 e. The minimum atomic E-state index is -0.203. The molecule has 0 heterocycles. The number of ether oxygens (including phenoxy) is 1. The molecular formula is C20H23NO3. The van der Waals surface area contributed by atoms with Crippen molar-refractivity contribution in [2.75, 3.05) is 11.9 Å². The van der Waals surface area contributed by atoms with Crippen LogP contribution in [-0.2, 0) is 24.2 Å². The molecule has 4 nitrogen and oxygen atoms in total. The molecule has 2 aromatic rings. The zero-order valence-electron chi connectivity index (χ0n) is 14.0. The highest BCUT2D eigenvalue weighted by molar-refractivity contribution is 5.92. The van der Waals surface area contributed by atoms with Crippen molar-refractivity contribution in [3.05, 3.63) is 58.7 Å². The molecule has 2 N–H and O–H groups in total. The standard InChI is InChI=1S/C20H23NO3/c1-14-6-7-15(12-22)10-19(14)21-20(23)13-24-18-9-8-16-4-2-3-5-17(16)11-18/h6-11,22H,2-5,12-13H2,1H3,(H,21,23). The van der Waals surface area contributed by atoms with Gasteiger partial charge >= 0.3 is 0 Å². The SMILES string of the molecule is Cc1ccc(CO)cc1NC(=O)COc1ccc2c(c1)CCCC2. The van der Waals surface area contributed by atoms with E-state index < -0.39 is 0 Å². The van der Waals surface area contributed by atoms with E-state index in [4.69, 9.17) is 4.74 Å². The zero-order chi connectivity index (χ0) is 16.9. The molecule has 0 fully saturated rings. The first-order valence-electron chi connectivity index (χ1n) is 8.40. The molecule has 1 aliphatic rings. The second-order valence-electron chi connectivity index (χ2n) is 6.28. The molecule has 3 rings (SSSR count). The number of fused-ring (bicyclic) bond motifs is 1. The largest absolute Gasteiger partial charge is 0.484 e. The van der Waals surface area contributed by atoms with Crippen LogP contribution in [0.1, 0.15) is 35.1 Å². The first kappa shape index (κ1) is 16.5. The topological polar surface area (TPSA) is 58.6 Å². The quantitative estimate of drug-likeness (QED) is 0.886. The van der Waals surface area contributed by atoms with Crippen molar-refractivity contribution >= 4 is 11.6 Å². The molecule has 0 radical (unpaired) electrons. The summed E-state index contributed by atoms with van der Waals surface area (Å²) in [4.78, 5) is 12.1. The maximum absolute atomic E-state index is 12.1. The van der Waals surface area contributed by atoms with Crippen molar-refractivity contribution in [3.8, 4) is 5.75 Å². The fraction of sp³-hybridized carbons (Fsp3) is 0.350. The molecule has 0 atom stereocenters. The van der Waals surface area contributed by atoms with Gasteiger partial charge in [-0.2, -0.15) is 0 Å². The maximum atomic E-state index is 12.1. The van der Waals surface area contributed by atoms with E-state index in [2.05, 4.69) is 17.4 Å². The van der Waals surface area contributed by atoms with Crippen molar-refractivity contribution in [2.24, 2.45) is 0 Å². The highest BCUT2D eigenvalue weighted by atomic mass is 16.5. The molecule has 4 heteroatoms. The van der Waals surface area contributed by atoms with Gasteiger partial charge in [0.1, 0.15) is 5.75 Å². The lowest BCUT2D eigenvalue weighted by molar-refractivity contribution is -0.118. The molecule has 0 aliphatic heterocycles. The molecule has 0 saturated carbocycles. The number of nitrogens with one attached hydrogen (secondary N) is 1. The summed E-state index contributed by atoms with van der Waals surface area (Å²) in [6.07, 6.45) is 4.70. The third-order valence-electron chi connectivity index (χ3n) is 4.45. The summed E-state index contributed by atoms with van der Waals surface area (Å²) >= 11 is 0. The van der Waals surface area contributed by atoms with Gasteiger partial charge in [0.15, 0.2) is 6.61 Å². The Hall–Kier alpha value is -2.33. The number of anilines is 1. The van der Waals surface area contributed by atoms with Crippen LogP contribution in [0.4, 0.5) is 5.69 Å². The third-order valence-corrected chi connectivity index (χ3v) is 4.45. The average molecular weight is 325 g/mol. The summed E-state index contributed by atoms with van der Waals surface area (Å²) < 4.78 is 5.64. The molecule has 0 aromatic heterocycles. The molecule has 2 aromatic carbocycles. The van der Waals surface area contributed by atoms with Crippen LogP contribution in [0.15, 0.2) is 36.4 Å². The predicted octanol–water partition coefficient (Wildman–Crippen LogP) is 3.38. The number of aryl methyl sites for hydroxylation is 3. The number of amides is 1. The van der Waals surface area contributed by atoms with Gasteiger partial charge in [0.25, 0.3) is 5.91 Å². The van der Waals surface area contributed by atoms with E-state index in [9.17, 15) is 9.90 Å². The monoisotopic (exact) mass is 325 g/mol. The normalized spacial score (nSPS) is 13.2. The Morgan fingerprint density at radius 1 is 1.12 bits per heavy atom. The van der Waals surface area contributed by atoms with Crippen LogP contribution in [0.3, 0.4) is 0 Å². The predicted molar refractivity (Wildman–Crippen MR) is 94.3 cm³/mol. The van der Waals surface area contributed by atoms with Crippen LogP contribution in [-0.4, -0.2) is 17.6 Å². The van der Waals surface area contributed by atoms with E-state index in [0.717, 1.165) is 29.7 Å². The highest BCUT2D eigenvalue weighted by Crippen LogP contribution is 2.25. The smallest absolute Gasteiger partial charge is 0.262 e. The van der Waals surface area contributed by atoms with Gasteiger partial charge in [0.05, 0.1) is 6.61 Å². The van der Waals surface area contributed by atoms with Crippen molar-refractivity contribution < 1.29 is 14.6 Å². The van der Waals surface area contributed by atoms with Crippen LogP contribution in [0, 0.1) is 6.92 Å². The summed E-state index contributed by atoms with van der Waals surface area (Å²) in [5.41, 5.74) is 5.17. The zero-order valence-corrected chi connectivity index (χ0v) is 14.0. The Labute approximate surface area is 142 Å². The van der Waals surface area contributed by atoms with E-state index in [1.807, 2.05) is 25.1 Å². The second-order valence-corrected chi connectivity index (χ2v) is 6.28. The number of carbonyl (C=O) groups excluding carboxylic acids is 1. The number of aliphatic hydroxyl groups is 1. The Morgan fingerprint density at radius 2 is 1.92 bits per heavy atom. The molecule has 1 aliphatic carbocycles. The van der Waals surface area contributed by atoms with E-state index >= 15 is 0 Å². The average Bonchev–Trinajstić information content (AvgIpc) is 2.61. The van der Waals surface area contributed by atoms with Crippen molar-refractivity contribution in [3.63, 3.8) is 0 Å². The Kier molecular flexibility index (Phi) is 5.16. The first-order valence-corrected chi connectivity index (χ1v) is 8.40. The van der Waals surface area contributed by atoms with E-state index in [1.165, 1.54) is 24.0 Å². The van der Waals surface area contributed by atoms with Gasteiger partial charge in [-0.3, -0.25) is 4.79 Å². The van der Waals surface area contributed by atoms with Crippen molar-refractivity contribution in [1.29, 1.82) is 0 Å². The van der Waals surface area contributed by atoms with Gasteiger partial charge < -0.3 is 15.2 Å². The van der Waals surface area contributed by atoms with Crippen LogP contribution in [0.25, 0.3) is 0 Å². The summed E-state index contributed by atoms with van der Waals surface area (Å²) in [5, 5.41) is 12.0. The molecule has 126 valence electrons. The highest BCUT2D eigenvalue weighted by Gasteiger charge is 2.11. The Bertz CT molecular complexity index is 740. The lowest BCUT2D eigenvalue weighted by atomic mass is 9.92. The fourth-order valence-electron chi connectivity index (χ4n) is 3.04. The maximum Gasteiger partial charge on any atom is 0.262 e. The number of hydrogen-bond donors (Lipinski definition) is 2. The lowest BCUT2D eigenvalue weighted by Crippen LogP contribution is -2.21. The summed E-state index contributed by atoms with van der Waals surface area (Å²) in [6.45, 7) is 1.84. The Balaban J connectivity index is 1.60. The van der Waals surface area contributed by atoms with Crippen LogP contribution >= 0.6 is 0 Å². The third kappa shape index (κ3) is 3.95. The summed E-state index contributed by atoms with van der Waals surface area (Å²) in [7, 11) is 0. The number of rotatable bonds is 5. The van der Waals surface area contributed by atoms with Gasteiger partial charge in [-0.15, -0.1) is 0 Å². The second kappa shape index (κ2) is 7.49. The summed E-state index contributed by atoms with van der Waals surface area (Å²) in [5.74, 6) is 0.539. The lowest BCUT2D eigenvalue weighted by Gasteiger charge is -2.17. The fourth-order valence-corrected chi connectivity index (χ4v) is 3.04. The molecule has 0 spiro atoms. The number of hydrogen-bond acceptors (Lipinski definition) is 3. The molecule has 0 bridgehead atoms. The summed E-state index contributed by atoms with van der Waals surface area (Å²) in [6, 6.07) is 11.6. The van der Waals surface area contributed by atoms with Gasteiger partial charge in [-0.25, -0.2) is 0 Å². The van der Waals surface area contributed by atoms with Crippen molar-refractivity contribution in [2.45, 2.75) is 39.2 Å². The van der Waals surface area contributed by atoms with Crippen LogP contribution < -0.4 is 10.1 Å². The number of carbonyl (C=O) groups is 1. The number of benzene rings is 2. The van der Waals surface area contributed by atoms with Gasteiger partial charge in [0.2, 0.25) is 0 Å². The van der Waals surface area contributed by atoms with Crippen LogP contribution in [0.2, 0.25) is 0 Å². The molecule has 0 saturated heterocycles. The van der Waals surface area contributed by atoms with Crippen molar-refractivity contribution in [1.82, 2.24) is 0 Å². The Morgan fingerprint density at radius 3 is 2.71 bits per heavy atom. The van der Waals surface area contributed by atoms with Gasteiger partial charge in [0, 0.05) is 5.69 Å². The van der Waals surface area contributed by atoms with E-state index in [1.54, 1.807) is 6.07 Å².